The number of aromatic nitrogens is 2. The topological polar surface area (TPSA) is 75.4 Å². The van der Waals surface area contributed by atoms with Crippen molar-refractivity contribution < 1.29 is 13.5 Å². The van der Waals surface area contributed by atoms with Gasteiger partial charge in [0.05, 0.1) is 24.5 Å². The van der Waals surface area contributed by atoms with Gasteiger partial charge >= 0.3 is 0 Å². The van der Waals surface area contributed by atoms with Crippen molar-refractivity contribution in [2.75, 3.05) is 13.2 Å². The number of aryl methyl sites for hydroxylation is 1. The van der Waals surface area contributed by atoms with Gasteiger partial charge in [0.15, 0.2) is 0 Å². The second kappa shape index (κ2) is 6.69. The molecule has 0 saturated carbocycles. The largest absolute Gasteiger partial charge is 0.394 e. The lowest BCUT2D eigenvalue weighted by Crippen LogP contribution is -2.38. The van der Waals surface area contributed by atoms with Crippen LogP contribution in [0.1, 0.15) is 38.6 Å². The molecule has 0 spiro atoms. The van der Waals surface area contributed by atoms with Crippen LogP contribution in [-0.4, -0.2) is 46.8 Å². The van der Waals surface area contributed by atoms with Crippen LogP contribution >= 0.6 is 0 Å². The van der Waals surface area contributed by atoms with Crippen LogP contribution in [0.5, 0.6) is 0 Å². The normalized spacial score (nSPS) is 13.9. The van der Waals surface area contributed by atoms with Crippen LogP contribution in [0.15, 0.2) is 4.90 Å². The Morgan fingerprint density at radius 1 is 1.35 bits per heavy atom. The molecule has 1 unspecified atom stereocenters. The third kappa shape index (κ3) is 3.05. The maximum Gasteiger partial charge on any atom is 0.246 e. The second-order valence-corrected chi connectivity index (χ2v) is 6.74. The number of hydrogen-bond donors (Lipinski definition) is 1. The first-order valence-corrected chi connectivity index (χ1v) is 8.41. The average Bonchev–Trinajstić information content (AvgIpc) is 2.65. The molecule has 1 heterocycles. The van der Waals surface area contributed by atoms with Crippen molar-refractivity contribution in [3.63, 3.8) is 0 Å². The number of aliphatic hydroxyl groups is 1. The summed E-state index contributed by atoms with van der Waals surface area (Å²) in [4.78, 5) is 0.271. The van der Waals surface area contributed by atoms with Crippen LogP contribution in [0.25, 0.3) is 0 Å². The summed E-state index contributed by atoms with van der Waals surface area (Å²) < 4.78 is 28.7. The second-order valence-electron chi connectivity index (χ2n) is 4.91. The summed E-state index contributed by atoms with van der Waals surface area (Å²) in [6, 6.07) is -0.0509. The summed E-state index contributed by atoms with van der Waals surface area (Å²) in [7, 11) is -3.55. The Bertz CT molecular complexity index is 551. The summed E-state index contributed by atoms with van der Waals surface area (Å²) in [6.07, 6.45) is 0.760. The van der Waals surface area contributed by atoms with E-state index < -0.39 is 10.0 Å². The van der Waals surface area contributed by atoms with Crippen LogP contribution < -0.4 is 0 Å². The zero-order valence-corrected chi connectivity index (χ0v) is 13.7. The number of sulfonamides is 1. The SMILES string of the molecule is CCC(C)N(CC)S(=O)(=O)c1c(C)nn(CCO)c1C. The predicted octanol–water partition coefficient (Wildman–Crippen LogP) is 1.30. The van der Waals surface area contributed by atoms with Crippen LogP contribution in [0.4, 0.5) is 0 Å². The Kier molecular flexibility index (Phi) is 5.73. The molecule has 0 aliphatic rings. The molecule has 0 bridgehead atoms. The maximum atomic E-state index is 12.8. The number of nitrogens with zero attached hydrogens (tertiary/aromatic N) is 3. The molecule has 0 saturated heterocycles. The van der Waals surface area contributed by atoms with Gasteiger partial charge in [-0.2, -0.15) is 9.40 Å². The monoisotopic (exact) mass is 303 g/mol. The van der Waals surface area contributed by atoms with Crippen molar-refractivity contribution in [2.24, 2.45) is 0 Å². The molecule has 116 valence electrons. The van der Waals surface area contributed by atoms with E-state index in [1.165, 1.54) is 4.31 Å². The van der Waals surface area contributed by atoms with Gasteiger partial charge in [-0.05, 0) is 27.2 Å². The van der Waals surface area contributed by atoms with Crippen molar-refractivity contribution in [1.82, 2.24) is 14.1 Å². The molecule has 1 atom stereocenters. The van der Waals surface area contributed by atoms with E-state index in [2.05, 4.69) is 5.10 Å². The van der Waals surface area contributed by atoms with Crippen molar-refractivity contribution in [1.29, 1.82) is 0 Å². The third-order valence-electron chi connectivity index (χ3n) is 3.59. The van der Waals surface area contributed by atoms with Gasteiger partial charge in [-0.15, -0.1) is 0 Å². The summed E-state index contributed by atoms with van der Waals surface area (Å²) in [5, 5.41) is 13.2. The first-order chi connectivity index (χ1) is 9.31. The first kappa shape index (κ1) is 17.1. The number of rotatable bonds is 7. The highest BCUT2D eigenvalue weighted by molar-refractivity contribution is 7.89. The van der Waals surface area contributed by atoms with E-state index in [9.17, 15) is 8.42 Å². The third-order valence-corrected chi connectivity index (χ3v) is 5.93. The van der Waals surface area contributed by atoms with Gasteiger partial charge in [-0.3, -0.25) is 4.68 Å². The van der Waals surface area contributed by atoms with E-state index in [-0.39, 0.29) is 17.5 Å². The van der Waals surface area contributed by atoms with Crippen molar-refractivity contribution in [3.05, 3.63) is 11.4 Å². The molecule has 1 aromatic heterocycles. The van der Waals surface area contributed by atoms with Gasteiger partial charge in [-0.25, -0.2) is 8.42 Å². The average molecular weight is 303 g/mol. The van der Waals surface area contributed by atoms with Gasteiger partial charge in [0, 0.05) is 12.6 Å². The molecule has 1 aromatic rings. The lowest BCUT2D eigenvalue weighted by atomic mass is 10.3. The van der Waals surface area contributed by atoms with Crippen LogP contribution in [0.2, 0.25) is 0 Å². The standard InChI is InChI=1S/C13H25N3O3S/c1-6-10(3)16(7-2)20(18,19)13-11(4)14-15(8-9-17)12(13)5/h10,17H,6-9H2,1-5H3. The zero-order valence-electron chi connectivity index (χ0n) is 12.9. The summed E-state index contributed by atoms with van der Waals surface area (Å²) in [5.41, 5.74) is 1.07. The number of aliphatic hydroxyl groups excluding tert-OH is 1. The minimum Gasteiger partial charge on any atom is -0.394 e. The molecule has 20 heavy (non-hydrogen) atoms. The van der Waals surface area contributed by atoms with E-state index in [1.54, 1.807) is 18.5 Å². The van der Waals surface area contributed by atoms with Gasteiger partial charge in [-0.1, -0.05) is 13.8 Å². The van der Waals surface area contributed by atoms with Crippen molar-refractivity contribution >= 4 is 10.0 Å². The van der Waals surface area contributed by atoms with E-state index in [1.807, 2.05) is 20.8 Å². The molecule has 7 heteroatoms. The maximum absolute atomic E-state index is 12.8. The molecular formula is C13H25N3O3S. The molecule has 1 N–H and O–H groups in total. The van der Waals surface area contributed by atoms with Crippen LogP contribution in [0.3, 0.4) is 0 Å². The van der Waals surface area contributed by atoms with Gasteiger partial charge in [0.2, 0.25) is 10.0 Å². The smallest absolute Gasteiger partial charge is 0.246 e. The molecule has 0 aliphatic heterocycles. The Morgan fingerprint density at radius 3 is 2.40 bits per heavy atom. The fourth-order valence-corrected chi connectivity index (χ4v) is 4.50. The Balaban J connectivity index is 3.35. The summed E-state index contributed by atoms with van der Waals surface area (Å²) in [5.74, 6) is 0. The predicted molar refractivity (Wildman–Crippen MR) is 78.1 cm³/mol. The van der Waals surface area contributed by atoms with E-state index >= 15 is 0 Å². The van der Waals surface area contributed by atoms with E-state index in [4.69, 9.17) is 5.11 Å². The molecule has 6 nitrogen and oxygen atoms in total. The van der Waals surface area contributed by atoms with E-state index in [0.717, 1.165) is 6.42 Å². The van der Waals surface area contributed by atoms with Crippen molar-refractivity contribution in [2.45, 2.75) is 58.5 Å². The Morgan fingerprint density at radius 2 is 1.95 bits per heavy atom. The minimum atomic E-state index is -3.55. The molecule has 0 fully saturated rings. The highest BCUT2D eigenvalue weighted by atomic mass is 32.2. The fourth-order valence-electron chi connectivity index (χ4n) is 2.41. The summed E-state index contributed by atoms with van der Waals surface area (Å²) in [6.45, 7) is 9.81. The minimum absolute atomic E-state index is 0.0509. The summed E-state index contributed by atoms with van der Waals surface area (Å²) >= 11 is 0. The molecular weight excluding hydrogens is 278 g/mol. The van der Waals surface area contributed by atoms with Gasteiger partial charge < -0.3 is 5.11 Å². The lowest BCUT2D eigenvalue weighted by Gasteiger charge is -2.26. The quantitative estimate of drug-likeness (QED) is 0.824. The molecule has 0 amide bonds. The number of hydrogen-bond acceptors (Lipinski definition) is 4. The van der Waals surface area contributed by atoms with Crippen LogP contribution in [-0.2, 0) is 16.6 Å². The zero-order chi connectivity index (χ0) is 15.5. The molecule has 0 aliphatic carbocycles. The lowest BCUT2D eigenvalue weighted by molar-refractivity contribution is 0.267. The first-order valence-electron chi connectivity index (χ1n) is 6.97. The molecule has 1 rings (SSSR count). The molecule has 0 aromatic carbocycles. The van der Waals surface area contributed by atoms with E-state index in [0.29, 0.717) is 24.5 Å². The van der Waals surface area contributed by atoms with Gasteiger partial charge in [0.1, 0.15) is 4.90 Å². The Labute approximate surface area is 121 Å². The van der Waals surface area contributed by atoms with Crippen LogP contribution in [0, 0.1) is 13.8 Å². The highest BCUT2D eigenvalue weighted by Crippen LogP contribution is 2.25. The highest BCUT2D eigenvalue weighted by Gasteiger charge is 2.32. The van der Waals surface area contributed by atoms with Gasteiger partial charge in [0.25, 0.3) is 0 Å². The Hall–Kier alpha value is -0.920. The van der Waals surface area contributed by atoms with Crippen molar-refractivity contribution in [3.8, 4) is 0 Å². The molecule has 0 radical (unpaired) electrons. The fraction of sp³-hybridized carbons (Fsp3) is 0.769.